The van der Waals surface area contributed by atoms with E-state index in [2.05, 4.69) is 13.0 Å². The van der Waals surface area contributed by atoms with Crippen molar-refractivity contribution in [3.8, 4) is 0 Å². The number of esters is 3. The highest BCUT2D eigenvalue weighted by Crippen LogP contribution is 2.68. The van der Waals surface area contributed by atoms with Crippen molar-refractivity contribution >= 4 is 17.9 Å². The number of aliphatic hydroxyl groups excluding tert-OH is 6. The average Bonchev–Trinajstić information content (AvgIpc) is 3.61. The molecule has 0 radical (unpaired) electrons. The number of hydrogen-bond donors (Lipinski definition) is 7. The molecule has 17 heteroatoms. The van der Waals surface area contributed by atoms with Crippen LogP contribution >= 0.6 is 0 Å². The fourth-order valence-corrected chi connectivity index (χ4v) is 12.6. The number of fused-ring (bicyclic) bond motifs is 5. The lowest BCUT2D eigenvalue weighted by Gasteiger charge is -2.61. The zero-order valence-corrected chi connectivity index (χ0v) is 36.2. The first-order valence-electron chi connectivity index (χ1n) is 21.9. The number of aliphatic hydroxyl groups is 7. The largest absolute Gasteiger partial charge is 0.465 e. The smallest absolute Gasteiger partial charge is 0.334 e. The SMILES string of the molecule is CC(=O)OCC12CCC3C(CC=C4CC(OC5OC(CO)C(OC6OC(C)C(O)C(O)C6O)C(O)C5O)CC(OC(C)=O)C43C)C1CCC2C(C)(O)C1CC(C)=C(C)C(=O)O1. The second kappa shape index (κ2) is 17.4. The molecule has 0 aromatic rings. The predicted octanol–water partition coefficient (Wildman–Crippen LogP) is 1.09. The number of rotatable bonds is 10. The minimum absolute atomic E-state index is 0.0239. The van der Waals surface area contributed by atoms with Crippen LogP contribution in [0.25, 0.3) is 0 Å². The second-order valence-corrected chi connectivity index (χ2v) is 19.3. The zero-order chi connectivity index (χ0) is 44.5. The van der Waals surface area contributed by atoms with Crippen molar-refractivity contribution in [1.29, 1.82) is 0 Å². The van der Waals surface area contributed by atoms with Crippen LogP contribution in [0.5, 0.6) is 0 Å². The molecule has 7 aliphatic rings. The molecule has 3 aliphatic heterocycles. The molecule has 5 fully saturated rings. The molecule has 4 aliphatic carbocycles. The number of carbonyl (C=O) groups is 3. The summed E-state index contributed by atoms with van der Waals surface area (Å²) in [6, 6.07) is 0. The van der Waals surface area contributed by atoms with E-state index < -0.39 is 121 Å². The van der Waals surface area contributed by atoms with Crippen molar-refractivity contribution in [2.24, 2.45) is 34.5 Å². The highest BCUT2D eigenvalue weighted by molar-refractivity contribution is 5.89. The van der Waals surface area contributed by atoms with E-state index in [9.17, 15) is 50.1 Å². The molecule has 20 atom stereocenters. The van der Waals surface area contributed by atoms with Crippen molar-refractivity contribution in [3.05, 3.63) is 22.8 Å². The van der Waals surface area contributed by atoms with Gasteiger partial charge in [0.15, 0.2) is 12.6 Å². The number of ether oxygens (including phenoxy) is 7. The maximum atomic E-state index is 12.8. The lowest BCUT2D eigenvalue weighted by molar-refractivity contribution is -0.361. The summed E-state index contributed by atoms with van der Waals surface area (Å²) >= 11 is 0. The molecule has 20 unspecified atom stereocenters. The Labute approximate surface area is 356 Å². The number of cyclic esters (lactones) is 1. The van der Waals surface area contributed by atoms with Gasteiger partial charge in [0, 0.05) is 49.0 Å². The van der Waals surface area contributed by atoms with E-state index in [1.54, 1.807) is 13.8 Å². The van der Waals surface area contributed by atoms with Crippen LogP contribution in [0.1, 0.15) is 99.8 Å². The highest BCUT2D eigenvalue weighted by Gasteiger charge is 2.67. The molecule has 344 valence electrons. The summed E-state index contributed by atoms with van der Waals surface area (Å²) in [5, 5.41) is 76.2. The van der Waals surface area contributed by atoms with Crippen LogP contribution in [0.2, 0.25) is 0 Å². The Morgan fingerprint density at radius 2 is 1.59 bits per heavy atom. The third kappa shape index (κ3) is 8.12. The second-order valence-electron chi connectivity index (χ2n) is 19.3. The van der Waals surface area contributed by atoms with E-state index in [1.165, 1.54) is 20.8 Å². The van der Waals surface area contributed by atoms with Gasteiger partial charge in [-0.15, -0.1) is 0 Å². The zero-order valence-electron chi connectivity index (χ0n) is 36.2. The fraction of sp³-hybridized carbons (Fsp3) is 0.841. The third-order valence-electron chi connectivity index (χ3n) is 16.0. The van der Waals surface area contributed by atoms with Gasteiger partial charge in [-0.1, -0.05) is 24.1 Å². The average molecular weight is 867 g/mol. The van der Waals surface area contributed by atoms with Gasteiger partial charge in [0.05, 0.1) is 25.4 Å². The van der Waals surface area contributed by atoms with Gasteiger partial charge in [-0.05, 0) is 84.0 Å². The fourth-order valence-electron chi connectivity index (χ4n) is 12.6. The summed E-state index contributed by atoms with van der Waals surface area (Å²) in [6.07, 6.45) is -10.2. The summed E-state index contributed by atoms with van der Waals surface area (Å²) in [5.74, 6) is -1.53. The lowest BCUT2D eigenvalue weighted by Crippen LogP contribution is -2.64. The van der Waals surface area contributed by atoms with Crippen LogP contribution in [-0.4, -0.2) is 152 Å². The summed E-state index contributed by atoms with van der Waals surface area (Å²) in [7, 11) is 0. The van der Waals surface area contributed by atoms with Crippen LogP contribution in [-0.2, 0) is 47.5 Å². The first-order chi connectivity index (χ1) is 28.6. The molecule has 0 bridgehead atoms. The summed E-state index contributed by atoms with van der Waals surface area (Å²) in [5.41, 5.74) is -0.210. The van der Waals surface area contributed by atoms with Crippen LogP contribution in [0, 0.1) is 34.5 Å². The molecular weight excluding hydrogens is 800 g/mol. The Kier molecular flexibility index (Phi) is 13.3. The molecule has 2 saturated heterocycles. The van der Waals surface area contributed by atoms with Crippen LogP contribution in [0.4, 0.5) is 0 Å². The number of carbonyl (C=O) groups excluding carboxylic acids is 3. The van der Waals surface area contributed by atoms with Gasteiger partial charge < -0.3 is 68.9 Å². The summed E-state index contributed by atoms with van der Waals surface area (Å²) in [4.78, 5) is 38.0. The quantitative estimate of drug-likeness (QED) is 0.0922. The van der Waals surface area contributed by atoms with E-state index >= 15 is 0 Å². The van der Waals surface area contributed by atoms with Crippen LogP contribution in [0.3, 0.4) is 0 Å². The minimum Gasteiger partial charge on any atom is -0.465 e. The Hall–Kier alpha value is -2.55. The minimum atomic E-state index is -1.70. The van der Waals surface area contributed by atoms with Gasteiger partial charge in [-0.2, -0.15) is 0 Å². The van der Waals surface area contributed by atoms with Gasteiger partial charge in [-0.3, -0.25) is 9.59 Å². The van der Waals surface area contributed by atoms with E-state index in [4.69, 9.17) is 33.2 Å². The van der Waals surface area contributed by atoms with Gasteiger partial charge in [-0.25, -0.2) is 4.79 Å². The third-order valence-corrected chi connectivity index (χ3v) is 16.0. The van der Waals surface area contributed by atoms with E-state index in [0.717, 1.165) is 17.6 Å². The van der Waals surface area contributed by atoms with E-state index in [0.29, 0.717) is 44.1 Å². The Bertz CT molecular complexity index is 1730. The molecule has 61 heavy (non-hydrogen) atoms. The molecule has 0 aromatic heterocycles. The molecular formula is C44H66O17. The van der Waals surface area contributed by atoms with Crippen molar-refractivity contribution in [1.82, 2.24) is 0 Å². The molecule has 7 rings (SSSR count). The van der Waals surface area contributed by atoms with Crippen molar-refractivity contribution in [2.45, 2.75) is 185 Å². The number of hydrogen-bond acceptors (Lipinski definition) is 17. The first-order valence-corrected chi connectivity index (χ1v) is 21.9. The Morgan fingerprint density at radius 3 is 2.25 bits per heavy atom. The maximum absolute atomic E-state index is 12.8. The van der Waals surface area contributed by atoms with Crippen LogP contribution in [0.15, 0.2) is 22.8 Å². The van der Waals surface area contributed by atoms with Crippen molar-refractivity contribution in [3.63, 3.8) is 0 Å². The van der Waals surface area contributed by atoms with Crippen molar-refractivity contribution < 1.29 is 83.3 Å². The Balaban J connectivity index is 1.11. The molecule has 3 heterocycles. The van der Waals surface area contributed by atoms with Gasteiger partial charge in [0.2, 0.25) is 0 Å². The van der Waals surface area contributed by atoms with Crippen LogP contribution < -0.4 is 0 Å². The van der Waals surface area contributed by atoms with Crippen molar-refractivity contribution in [2.75, 3.05) is 13.2 Å². The van der Waals surface area contributed by atoms with Gasteiger partial charge in [0.25, 0.3) is 0 Å². The molecule has 0 aromatic carbocycles. The summed E-state index contributed by atoms with van der Waals surface area (Å²) in [6.45, 7) is 11.1. The molecule has 17 nitrogen and oxygen atoms in total. The summed E-state index contributed by atoms with van der Waals surface area (Å²) < 4.78 is 41.5. The number of allylic oxidation sites excluding steroid dienone is 1. The molecule has 0 amide bonds. The first kappa shape index (κ1) is 46.4. The predicted molar refractivity (Wildman–Crippen MR) is 210 cm³/mol. The standard InChI is InChI=1S/C44H66O17/c1-19-14-32(60-39(53)20(19)2)43(7,54)30-11-10-28-26-9-8-24-15-25(16-31(57-23(5)47)42(24,6)27(26)12-13-44(28,30)18-55-22(4)46)58-41-37(52)35(50)38(29(17-45)59-41)61-40-36(51)34(49)33(48)21(3)56-40/h8,21,25-38,40-41,45,48-52,54H,9-18H2,1-7H3. The molecule has 3 saturated carbocycles. The van der Waals surface area contributed by atoms with E-state index in [1.807, 2.05) is 6.92 Å². The molecule has 0 spiro atoms. The normalized spacial score (nSPS) is 47.2. The van der Waals surface area contributed by atoms with E-state index in [-0.39, 0.29) is 36.7 Å². The monoisotopic (exact) mass is 866 g/mol. The van der Waals surface area contributed by atoms with Gasteiger partial charge in [0.1, 0.15) is 60.5 Å². The topological polar surface area (TPSA) is 257 Å². The lowest BCUT2D eigenvalue weighted by atomic mass is 9.45. The maximum Gasteiger partial charge on any atom is 0.334 e. The Morgan fingerprint density at radius 1 is 0.902 bits per heavy atom. The highest BCUT2D eigenvalue weighted by atomic mass is 16.7. The molecule has 7 N–H and O–H groups in total. The van der Waals surface area contributed by atoms with Gasteiger partial charge >= 0.3 is 17.9 Å².